The summed E-state index contributed by atoms with van der Waals surface area (Å²) in [5.74, 6) is -4.05. The Kier molecular flexibility index (Phi) is 3.99. The number of rotatable bonds is 2. The summed E-state index contributed by atoms with van der Waals surface area (Å²) in [6, 6.07) is 5.64. The van der Waals surface area contributed by atoms with Crippen LogP contribution in [0.4, 0.5) is 24.5 Å². The van der Waals surface area contributed by atoms with Gasteiger partial charge in [0, 0.05) is 4.47 Å². The maximum absolute atomic E-state index is 13.6. The van der Waals surface area contributed by atoms with Crippen LogP contribution in [0.1, 0.15) is 10.4 Å². The van der Waals surface area contributed by atoms with Crippen LogP contribution < -0.4 is 11.1 Å². The summed E-state index contributed by atoms with van der Waals surface area (Å²) in [7, 11) is 0. The molecule has 104 valence electrons. The number of nitrogens with one attached hydrogen (secondary N) is 1. The van der Waals surface area contributed by atoms with Crippen LogP contribution in [0.25, 0.3) is 0 Å². The van der Waals surface area contributed by atoms with Crippen molar-refractivity contribution in [1.82, 2.24) is 0 Å². The van der Waals surface area contributed by atoms with Crippen molar-refractivity contribution in [3.63, 3.8) is 0 Å². The SMILES string of the molecule is Nc1cccc(F)c1NC(=O)c1c(F)cc(Br)cc1F. The van der Waals surface area contributed by atoms with Crippen LogP contribution in [0.15, 0.2) is 34.8 Å². The molecule has 2 aromatic carbocycles. The number of nitrogens with two attached hydrogens (primary N) is 1. The molecule has 0 bridgehead atoms. The summed E-state index contributed by atoms with van der Waals surface area (Å²) >= 11 is 2.89. The van der Waals surface area contributed by atoms with Gasteiger partial charge in [0.05, 0.1) is 5.69 Å². The Bertz CT molecular complexity index is 648. The summed E-state index contributed by atoms with van der Waals surface area (Å²) in [5.41, 5.74) is 4.32. The second kappa shape index (κ2) is 5.54. The number of carbonyl (C=O) groups is 1. The maximum atomic E-state index is 13.6. The van der Waals surface area contributed by atoms with E-state index in [0.29, 0.717) is 0 Å². The van der Waals surface area contributed by atoms with Crippen LogP contribution in [0.5, 0.6) is 0 Å². The van der Waals surface area contributed by atoms with Crippen LogP contribution in [0.2, 0.25) is 0 Å². The van der Waals surface area contributed by atoms with E-state index in [2.05, 4.69) is 21.2 Å². The molecule has 0 radical (unpaired) electrons. The lowest BCUT2D eigenvalue weighted by atomic mass is 10.1. The van der Waals surface area contributed by atoms with Gasteiger partial charge in [-0.25, -0.2) is 13.2 Å². The highest BCUT2D eigenvalue weighted by Gasteiger charge is 2.20. The molecule has 2 rings (SSSR count). The third kappa shape index (κ3) is 2.77. The Labute approximate surface area is 120 Å². The zero-order valence-corrected chi connectivity index (χ0v) is 11.5. The van der Waals surface area contributed by atoms with Gasteiger partial charge < -0.3 is 11.1 Å². The zero-order valence-electron chi connectivity index (χ0n) is 9.88. The van der Waals surface area contributed by atoms with Gasteiger partial charge in [-0.05, 0) is 24.3 Å². The molecule has 0 aliphatic rings. The molecule has 0 unspecified atom stereocenters. The topological polar surface area (TPSA) is 55.1 Å². The molecule has 2 aromatic rings. The Hall–Kier alpha value is -2.02. The Morgan fingerprint density at radius 1 is 1.10 bits per heavy atom. The van der Waals surface area contributed by atoms with Gasteiger partial charge in [0.25, 0.3) is 5.91 Å². The van der Waals surface area contributed by atoms with E-state index >= 15 is 0 Å². The van der Waals surface area contributed by atoms with Crippen LogP contribution in [0.3, 0.4) is 0 Å². The van der Waals surface area contributed by atoms with Crippen molar-refractivity contribution in [2.24, 2.45) is 0 Å². The summed E-state index contributed by atoms with van der Waals surface area (Å²) in [6.45, 7) is 0. The fraction of sp³-hybridized carbons (Fsp3) is 0. The van der Waals surface area contributed by atoms with Crippen LogP contribution >= 0.6 is 15.9 Å². The highest BCUT2D eigenvalue weighted by molar-refractivity contribution is 9.10. The molecule has 0 heterocycles. The molecular weight excluding hydrogens is 337 g/mol. The van der Waals surface area contributed by atoms with Gasteiger partial charge in [-0.2, -0.15) is 0 Å². The van der Waals surface area contributed by atoms with Crippen molar-refractivity contribution in [2.45, 2.75) is 0 Å². The highest BCUT2D eigenvalue weighted by atomic mass is 79.9. The number of hydrogen-bond donors (Lipinski definition) is 2. The first kappa shape index (κ1) is 14.4. The van der Waals surface area contributed by atoms with Crippen LogP contribution in [-0.4, -0.2) is 5.91 Å². The lowest BCUT2D eigenvalue weighted by Gasteiger charge is -2.10. The maximum Gasteiger partial charge on any atom is 0.261 e. The summed E-state index contributed by atoms with van der Waals surface area (Å²) < 4.78 is 40.9. The van der Waals surface area contributed by atoms with Gasteiger partial charge in [-0.1, -0.05) is 22.0 Å². The van der Waals surface area contributed by atoms with Gasteiger partial charge in [0.1, 0.15) is 28.7 Å². The minimum atomic E-state index is -1.12. The molecule has 20 heavy (non-hydrogen) atoms. The van der Waals surface area contributed by atoms with Gasteiger partial charge in [0.15, 0.2) is 0 Å². The smallest absolute Gasteiger partial charge is 0.261 e. The van der Waals surface area contributed by atoms with E-state index in [9.17, 15) is 18.0 Å². The lowest BCUT2D eigenvalue weighted by molar-refractivity contribution is 0.101. The average molecular weight is 345 g/mol. The third-order valence-electron chi connectivity index (χ3n) is 2.52. The number of benzene rings is 2. The number of para-hydroxylation sites is 1. The predicted octanol–water partition coefficient (Wildman–Crippen LogP) is 3.70. The van der Waals surface area contributed by atoms with E-state index in [4.69, 9.17) is 5.73 Å². The zero-order chi connectivity index (χ0) is 14.9. The first-order valence-corrected chi connectivity index (χ1v) is 6.19. The minimum Gasteiger partial charge on any atom is -0.397 e. The Morgan fingerprint density at radius 3 is 2.25 bits per heavy atom. The van der Waals surface area contributed by atoms with Gasteiger partial charge in [-0.3, -0.25) is 4.79 Å². The molecule has 1 amide bonds. The van der Waals surface area contributed by atoms with Crippen molar-refractivity contribution < 1.29 is 18.0 Å². The van der Waals surface area contributed by atoms with Crippen molar-refractivity contribution in [1.29, 1.82) is 0 Å². The Morgan fingerprint density at radius 2 is 1.70 bits per heavy atom. The number of halogens is 4. The number of anilines is 2. The largest absolute Gasteiger partial charge is 0.397 e. The number of carbonyl (C=O) groups excluding carboxylic acids is 1. The molecule has 0 fully saturated rings. The van der Waals surface area contributed by atoms with E-state index in [1.165, 1.54) is 12.1 Å². The molecule has 3 N–H and O–H groups in total. The quantitative estimate of drug-likeness (QED) is 0.816. The van der Waals surface area contributed by atoms with E-state index < -0.39 is 28.9 Å². The molecule has 0 saturated heterocycles. The second-order valence-corrected chi connectivity index (χ2v) is 4.82. The molecule has 0 atom stereocenters. The molecule has 0 aromatic heterocycles. The molecule has 0 saturated carbocycles. The molecule has 3 nitrogen and oxygen atoms in total. The molecular formula is C13H8BrF3N2O. The van der Waals surface area contributed by atoms with Crippen LogP contribution in [-0.2, 0) is 0 Å². The fourth-order valence-corrected chi connectivity index (χ4v) is 2.01. The van der Waals surface area contributed by atoms with Crippen molar-refractivity contribution in [2.75, 3.05) is 11.1 Å². The van der Waals surface area contributed by atoms with Crippen molar-refractivity contribution in [3.8, 4) is 0 Å². The Balaban J connectivity index is 2.39. The van der Waals surface area contributed by atoms with Crippen molar-refractivity contribution >= 4 is 33.2 Å². The van der Waals surface area contributed by atoms with E-state index in [0.717, 1.165) is 18.2 Å². The molecule has 0 aliphatic heterocycles. The van der Waals surface area contributed by atoms with E-state index in [1.54, 1.807) is 0 Å². The van der Waals surface area contributed by atoms with Crippen LogP contribution in [0, 0.1) is 17.5 Å². The second-order valence-electron chi connectivity index (χ2n) is 3.90. The summed E-state index contributed by atoms with van der Waals surface area (Å²) in [6.07, 6.45) is 0. The first-order valence-electron chi connectivity index (χ1n) is 5.40. The normalized spacial score (nSPS) is 10.4. The monoisotopic (exact) mass is 344 g/mol. The standard InChI is InChI=1S/C13H8BrF3N2O/c14-6-4-8(16)11(9(17)5-6)13(20)19-12-7(15)2-1-3-10(12)18/h1-5H,18H2,(H,19,20). The molecule has 7 heteroatoms. The lowest BCUT2D eigenvalue weighted by Crippen LogP contribution is -2.17. The van der Waals surface area contributed by atoms with E-state index in [1.807, 2.05) is 0 Å². The van der Waals surface area contributed by atoms with Gasteiger partial charge >= 0.3 is 0 Å². The predicted molar refractivity (Wildman–Crippen MR) is 72.8 cm³/mol. The van der Waals surface area contributed by atoms with Gasteiger partial charge in [-0.15, -0.1) is 0 Å². The fourth-order valence-electron chi connectivity index (χ4n) is 1.61. The third-order valence-corrected chi connectivity index (χ3v) is 2.98. The van der Waals surface area contributed by atoms with Gasteiger partial charge in [0.2, 0.25) is 0 Å². The molecule has 0 spiro atoms. The number of amides is 1. The number of hydrogen-bond acceptors (Lipinski definition) is 2. The minimum absolute atomic E-state index is 0.0451. The number of nitrogen functional groups attached to an aromatic ring is 1. The van der Waals surface area contributed by atoms with E-state index in [-0.39, 0.29) is 15.8 Å². The first-order chi connectivity index (χ1) is 9.40. The summed E-state index contributed by atoms with van der Waals surface area (Å²) in [4.78, 5) is 11.8. The average Bonchev–Trinajstić information content (AvgIpc) is 2.32. The highest BCUT2D eigenvalue weighted by Crippen LogP contribution is 2.25. The molecule has 0 aliphatic carbocycles. The van der Waals surface area contributed by atoms with Crippen molar-refractivity contribution in [3.05, 3.63) is 57.8 Å². The summed E-state index contributed by atoms with van der Waals surface area (Å²) in [5, 5.41) is 2.06.